The highest BCUT2D eigenvalue weighted by Crippen LogP contribution is 2.32. The highest BCUT2D eigenvalue weighted by atomic mass is 16.2. The number of carbonyl (C=O) groups excluding carboxylic acids is 2. The number of hydrogen-bond donors (Lipinski definition) is 0. The van der Waals surface area contributed by atoms with E-state index in [2.05, 4.69) is 29.2 Å². The first-order chi connectivity index (χ1) is 13.1. The number of rotatable bonds is 3. The maximum Gasteiger partial charge on any atom is 0.198 e. The summed E-state index contributed by atoms with van der Waals surface area (Å²) in [5.74, 6) is -0.340. The lowest BCUT2D eigenvalue weighted by molar-refractivity contribution is 0.0988. The number of allylic oxidation sites excluding steroid dienone is 6. The van der Waals surface area contributed by atoms with Crippen molar-refractivity contribution in [1.29, 1.82) is 0 Å². The number of carbonyl (C=O) groups is 2. The van der Waals surface area contributed by atoms with Crippen molar-refractivity contribution >= 4 is 11.6 Å². The Bertz CT molecular complexity index is 966. The van der Waals surface area contributed by atoms with Crippen LogP contribution in [0.15, 0.2) is 89.3 Å². The molecule has 0 saturated carbocycles. The van der Waals surface area contributed by atoms with E-state index in [1.54, 1.807) is 24.3 Å². The van der Waals surface area contributed by atoms with Crippen molar-refractivity contribution in [3.63, 3.8) is 0 Å². The molecule has 2 aromatic rings. The van der Waals surface area contributed by atoms with Crippen molar-refractivity contribution in [2.24, 2.45) is 0 Å². The maximum atomic E-state index is 12.8. The van der Waals surface area contributed by atoms with Crippen LogP contribution < -0.4 is 0 Å². The van der Waals surface area contributed by atoms with Crippen molar-refractivity contribution in [1.82, 2.24) is 4.90 Å². The summed E-state index contributed by atoms with van der Waals surface area (Å²) in [7, 11) is 0. The van der Waals surface area contributed by atoms with Gasteiger partial charge in [0.2, 0.25) is 0 Å². The van der Waals surface area contributed by atoms with Crippen molar-refractivity contribution < 1.29 is 9.59 Å². The SMILES string of the molecule is CC1=CC(=C2C(=O)c3ccccc3C2=O)C=C(C)N1CCc1ccccc1. The third kappa shape index (κ3) is 3.06. The summed E-state index contributed by atoms with van der Waals surface area (Å²) < 4.78 is 0. The van der Waals surface area contributed by atoms with E-state index in [4.69, 9.17) is 0 Å². The van der Waals surface area contributed by atoms with Gasteiger partial charge in [0.25, 0.3) is 0 Å². The van der Waals surface area contributed by atoms with Gasteiger partial charge < -0.3 is 4.90 Å². The molecule has 1 aliphatic carbocycles. The fourth-order valence-corrected chi connectivity index (χ4v) is 3.82. The van der Waals surface area contributed by atoms with Crippen LogP contribution in [-0.2, 0) is 6.42 Å². The summed E-state index contributed by atoms with van der Waals surface area (Å²) in [5, 5.41) is 0. The molecule has 0 aromatic heterocycles. The van der Waals surface area contributed by atoms with Crippen LogP contribution in [0.25, 0.3) is 0 Å². The van der Waals surface area contributed by atoms with Crippen molar-refractivity contribution in [2.45, 2.75) is 20.3 Å². The number of Topliss-reactive ketones (excluding diaryl/α,β-unsaturated/α-hetero) is 2. The van der Waals surface area contributed by atoms with Gasteiger partial charge in [-0.15, -0.1) is 0 Å². The molecule has 1 aliphatic heterocycles. The summed E-state index contributed by atoms with van der Waals surface area (Å²) in [6, 6.07) is 17.4. The van der Waals surface area contributed by atoms with E-state index in [1.807, 2.05) is 32.1 Å². The molecule has 4 rings (SSSR count). The van der Waals surface area contributed by atoms with Crippen LogP contribution in [0.5, 0.6) is 0 Å². The number of fused-ring (bicyclic) bond motifs is 1. The van der Waals surface area contributed by atoms with Crippen LogP contribution >= 0.6 is 0 Å². The fourth-order valence-electron chi connectivity index (χ4n) is 3.82. The molecule has 3 heteroatoms. The van der Waals surface area contributed by atoms with E-state index in [9.17, 15) is 9.59 Å². The molecule has 1 heterocycles. The molecule has 0 saturated heterocycles. The molecule has 0 spiro atoms. The van der Waals surface area contributed by atoms with Crippen molar-refractivity contribution in [3.05, 3.63) is 106 Å². The summed E-state index contributed by atoms with van der Waals surface area (Å²) in [6.45, 7) is 4.91. The number of ketones is 2. The van der Waals surface area contributed by atoms with Crippen LogP contribution in [0.2, 0.25) is 0 Å². The first-order valence-corrected chi connectivity index (χ1v) is 9.17. The molecular weight excluding hydrogens is 334 g/mol. The molecule has 0 unspecified atom stereocenters. The van der Waals surface area contributed by atoms with E-state index in [0.29, 0.717) is 16.7 Å². The van der Waals surface area contributed by atoms with E-state index in [-0.39, 0.29) is 17.1 Å². The Labute approximate surface area is 159 Å². The lowest BCUT2D eigenvalue weighted by Gasteiger charge is -2.30. The second kappa shape index (κ2) is 6.84. The highest BCUT2D eigenvalue weighted by molar-refractivity contribution is 6.40. The van der Waals surface area contributed by atoms with Gasteiger partial charge >= 0.3 is 0 Å². The zero-order chi connectivity index (χ0) is 19.0. The number of nitrogens with zero attached hydrogens (tertiary/aromatic N) is 1. The average molecular weight is 355 g/mol. The summed E-state index contributed by atoms with van der Waals surface area (Å²) >= 11 is 0. The van der Waals surface area contributed by atoms with Crippen LogP contribution in [0.3, 0.4) is 0 Å². The maximum absolute atomic E-state index is 12.8. The predicted molar refractivity (Wildman–Crippen MR) is 106 cm³/mol. The Balaban J connectivity index is 1.63. The Hall–Kier alpha value is -3.20. The van der Waals surface area contributed by atoms with Gasteiger partial charge in [-0.3, -0.25) is 9.59 Å². The summed E-state index contributed by atoms with van der Waals surface area (Å²) in [4.78, 5) is 27.8. The molecule has 2 aliphatic rings. The molecule has 0 bridgehead atoms. The van der Waals surface area contributed by atoms with Gasteiger partial charge in [0.05, 0.1) is 5.57 Å². The molecule has 0 N–H and O–H groups in total. The van der Waals surface area contributed by atoms with Crippen LogP contribution in [-0.4, -0.2) is 23.0 Å². The zero-order valence-electron chi connectivity index (χ0n) is 15.5. The van der Waals surface area contributed by atoms with Crippen LogP contribution in [0.4, 0.5) is 0 Å². The fraction of sp³-hybridized carbons (Fsp3) is 0.167. The van der Waals surface area contributed by atoms with Crippen molar-refractivity contribution in [2.75, 3.05) is 6.54 Å². The van der Waals surface area contributed by atoms with Crippen LogP contribution in [0.1, 0.15) is 40.1 Å². The predicted octanol–water partition coefficient (Wildman–Crippen LogP) is 4.73. The Kier molecular flexibility index (Phi) is 4.36. The lowest BCUT2D eigenvalue weighted by atomic mass is 9.98. The summed E-state index contributed by atoms with van der Waals surface area (Å²) in [5.41, 5.74) is 5.40. The van der Waals surface area contributed by atoms with Gasteiger partial charge in [-0.2, -0.15) is 0 Å². The minimum Gasteiger partial charge on any atom is -0.349 e. The van der Waals surface area contributed by atoms with E-state index >= 15 is 0 Å². The average Bonchev–Trinajstić information content (AvgIpc) is 2.93. The van der Waals surface area contributed by atoms with Gasteiger partial charge in [0.1, 0.15) is 0 Å². The molecule has 2 aromatic carbocycles. The number of hydrogen-bond acceptors (Lipinski definition) is 3. The third-order valence-electron chi connectivity index (χ3n) is 5.21. The van der Waals surface area contributed by atoms with E-state index in [1.165, 1.54) is 5.56 Å². The van der Waals surface area contributed by atoms with Gasteiger partial charge in [-0.25, -0.2) is 0 Å². The highest BCUT2D eigenvalue weighted by Gasteiger charge is 2.35. The molecule has 3 nitrogen and oxygen atoms in total. The molecular formula is C24H21NO2. The van der Waals surface area contributed by atoms with Gasteiger partial charge in [0, 0.05) is 29.1 Å². The Morgan fingerprint density at radius 3 is 1.81 bits per heavy atom. The molecule has 0 fully saturated rings. The van der Waals surface area contributed by atoms with Crippen molar-refractivity contribution in [3.8, 4) is 0 Å². The standard InChI is InChI=1S/C24H21NO2/c1-16-14-19(22-23(26)20-10-6-7-11-21(20)24(22)27)15-17(2)25(16)13-12-18-8-4-3-5-9-18/h3-11,14-15H,12-13H2,1-2H3. The first-order valence-electron chi connectivity index (χ1n) is 9.17. The molecule has 0 amide bonds. The van der Waals surface area contributed by atoms with E-state index in [0.717, 1.165) is 24.4 Å². The Morgan fingerprint density at radius 2 is 1.26 bits per heavy atom. The molecule has 0 atom stereocenters. The summed E-state index contributed by atoms with van der Waals surface area (Å²) in [6.07, 6.45) is 4.84. The number of benzene rings is 2. The third-order valence-corrected chi connectivity index (χ3v) is 5.21. The van der Waals surface area contributed by atoms with Gasteiger partial charge in [-0.1, -0.05) is 54.6 Å². The van der Waals surface area contributed by atoms with E-state index < -0.39 is 0 Å². The minimum absolute atomic E-state index is 0.170. The second-order valence-corrected chi connectivity index (χ2v) is 6.99. The zero-order valence-corrected chi connectivity index (χ0v) is 15.5. The smallest absolute Gasteiger partial charge is 0.198 e. The minimum atomic E-state index is -0.170. The van der Waals surface area contributed by atoms with Gasteiger partial charge in [0.15, 0.2) is 11.6 Å². The largest absolute Gasteiger partial charge is 0.349 e. The Morgan fingerprint density at radius 1 is 0.741 bits per heavy atom. The topological polar surface area (TPSA) is 37.4 Å². The molecule has 134 valence electrons. The monoisotopic (exact) mass is 355 g/mol. The molecule has 0 radical (unpaired) electrons. The molecule has 27 heavy (non-hydrogen) atoms. The van der Waals surface area contributed by atoms with Crippen LogP contribution in [0, 0.1) is 0 Å². The normalized spacial score (nSPS) is 16.4. The van der Waals surface area contributed by atoms with Gasteiger partial charge in [-0.05, 0) is 43.6 Å². The first kappa shape index (κ1) is 17.2. The second-order valence-electron chi connectivity index (χ2n) is 6.99. The quantitative estimate of drug-likeness (QED) is 0.590. The lowest BCUT2D eigenvalue weighted by Crippen LogP contribution is -2.25.